The average Bonchev–Trinajstić information content (AvgIpc) is 3.28. The molecule has 1 saturated heterocycles. The van der Waals surface area contributed by atoms with Gasteiger partial charge in [0.2, 0.25) is 0 Å². The van der Waals surface area contributed by atoms with E-state index in [1.54, 1.807) is 24.0 Å². The quantitative estimate of drug-likeness (QED) is 0.640. The summed E-state index contributed by atoms with van der Waals surface area (Å²) >= 11 is 0. The lowest BCUT2D eigenvalue weighted by Gasteiger charge is -2.37. The molecule has 1 fully saturated rings. The average molecular weight is 423 g/mol. The molecule has 0 radical (unpaired) electrons. The molecule has 4 rings (SSSR count). The Labute approximate surface area is 182 Å². The van der Waals surface area contributed by atoms with Crippen molar-refractivity contribution < 1.29 is 14.3 Å². The second-order valence-electron chi connectivity index (χ2n) is 8.45. The SMILES string of the molecule is COc1cccc([C@@H](c2c(O)cc(C)n(Cc3ccco3)c2=O)N2CCC(C)CC2)c1. The lowest BCUT2D eigenvalue weighted by atomic mass is 9.92. The predicted octanol–water partition coefficient (Wildman–Crippen LogP) is 4.33. The summed E-state index contributed by atoms with van der Waals surface area (Å²) in [5.74, 6) is 2.12. The van der Waals surface area contributed by atoms with Gasteiger partial charge in [-0.2, -0.15) is 0 Å². The number of nitrogens with zero attached hydrogens (tertiary/aromatic N) is 2. The lowest BCUT2D eigenvalue weighted by molar-refractivity contribution is 0.154. The van der Waals surface area contributed by atoms with Crippen molar-refractivity contribution in [2.45, 2.75) is 39.3 Å². The zero-order valence-electron chi connectivity index (χ0n) is 18.4. The summed E-state index contributed by atoms with van der Waals surface area (Å²) in [5, 5.41) is 11.0. The molecule has 0 amide bonds. The number of hydrogen-bond donors (Lipinski definition) is 1. The number of ether oxygens (including phenoxy) is 1. The highest BCUT2D eigenvalue weighted by Crippen LogP contribution is 2.36. The first-order valence-electron chi connectivity index (χ1n) is 10.8. The fourth-order valence-electron chi connectivity index (χ4n) is 4.44. The summed E-state index contributed by atoms with van der Waals surface area (Å²) in [7, 11) is 1.64. The molecule has 1 N–H and O–H groups in total. The molecule has 1 aliphatic rings. The van der Waals surface area contributed by atoms with Gasteiger partial charge < -0.3 is 18.8 Å². The van der Waals surface area contributed by atoms with Crippen LogP contribution in [-0.4, -0.2) is 34.8 Å². The van der Waals surface area contributed by atoms with E-state index < -0.39 is 0 Å². The van der Waals surface area contributed by atoms with Gasteiger partial charge >= 0.3 is 0 Å². The van der Waals surface area contributed by atoms with E-state index in [0.29, 0.717) is 29.5 Å². The maximum Gasteiger partial charge on any atom is 0.260 e. The van der Waals surface area contributed by atoms with Crippen LogP contribution in [0.1, 0.15) is 48.4 Å². The molecular weight excluding hydrogens is 392 g/mol. The van der Waals surface area contributed by atoms with Gasteiger partial charge in [-0.3, -0.25) is 9.69 Å². The van der Waals surface area contributed by atoms with Crippen LogP contribution in [0.4, 0.5) is 0 Å². The van der Waals surface area contributed by atoms with Crippen LogP contribution < -0.4 is 10.3 Å². The van der Waals surface area contributed by atoms with Gasteiger partial charge in [0, 0.05) is 5.69 Å². The molecular formula is C25H30N2O4. The Kier molecular flexibility index (Phi) is 6.18. The second kappa shape index (κ2) is 9.02. The van der Waals surface area contributed by atoms with Crippen molar-refractivity contribution in [1.82, 2.24) is 9.47 Å². The van der Waals surface area contributed by atoms with Gasteiger partial charge in [0.15, 0.2) is 0 Å². The third-order valence-corrected chi connectivity index (χ3v) is 6.28. The summed E-state index contributed by atoms with van der Waals surface area (Å²) in [6.45, 7) is 6.16. The van der Waals surface area contributed by atoms with Crippen LogP contribution in [0.3, 0.4) is 0 Å². The van der Waals surface area contributed by atoms with Gasteiger partial charge in [-0.15, -0.1) is 0 Å². The molecule has 3 aromatic rings. The summed E-state index contributed by atoms with van der Waals surface area (Å²) in [6.07, 6.45) is 3.73. The molecule has 6 heteroatoms. The summed E-state index contributed by atoms with van der Waals surface area (Å²) in [6, 6.07) is 12.8. The monoisotopic (exact) mass is 422 g/mol. The van der Waals surface area contributed by atoms with Crippen LogP contribution in [0.2, 0.25) is 0 Å². The summed E-state index contributed by atoms with van der Waals surface area (Å²) < 4.78 is 12.6. The number of aromatic nitrogens is 1. The number of piperidine rings is 1. The van der Waals surface area contributed by atoms with Crippen molar-refractivity contribution in [2.75, 3.05) is 20.2 Å². The van der Waals surface area contributed by atoms with E-state index in [9.17, 15) is 9.90 Å². The molecule has 0 aliphatic carbocycles. The minimum Gasteiger partial charge on any atom is -0.507 e. The molecule has 0 bridgehead atoms. The molecule has 1 atom stereocenters. The first kappa shape index (κ1) is 21.2. The van der Waals surface area contributed by atoms with Gasteiger partial charge in [-0.25, -0.2) is 0 Å². The smallest absolute Gasteiger partial charge is 0.260 e. The van der Waals surface area contributed by atoms with Gasteiger partial charge in [-0.05, 0) is 74.7 Å². The lowest BCUT2D eigenvalue weighted by Crippen LogP contribution is -2.40. The molecule has 1 aliphatic heterocycles. The molecule has 3 heterocycles. The molecule has 0 saturated carbocycles. The van der Waals surface area contributed by atoms with Crippen LogP contribution in [-0.2, 0) is 6.54 Å². The molecule has 0 spiro atoms. The minimum atomic E-state index is -0.349. The van der Waals surface area contributed by atoms with Crippen molar-refractivity contribution in [2.24, 2.45) is 5.92 Å². The number of benzene rings is 1. The maximum atomic E-state index is 13.7. The van der Waals surface area contributed by atoms with Crippen LogP contribution in [0.25, 0.3) is 0 Å². The normalized spacial score (nSPS) is 16.4. The van der Waals surface area contributed by atoms with E-state index >= 15 is 0 Å². The third-order valence-electron chi connectivity index (χ3n) is 6.28. The standard InChI is InChI=1S/C25H30N2O4/c1-17-9-11-26(12-10-17)24(19-6-4-7-20(15-19)30-3)23-22(28)14-18(2)27(25(23)29)16-21-8-5-13-31-21/h4-8,13-15,17,24,28H,9-12,16H2,1-3H3/t24-/m0/s1. The van der Waals surface area contributed by atoms with E-state index in [1.165, 1.54) is 0 Å². The number of hydrogen-bond acceptors (Lipinski definition) is 5. The van der Waals surface area contributed by atoms with Crippen molar-refractivity contribution >= 4 is 0 Å². The number of methoxy groups -OCH3 is 1. The van der Waals surface area contributed by atoms with Crippen molar-refractivity contribution in [3.8, 4) is 11.5 Å². The topological polar surface area (TPSA) is 67.8 Å². The van der Waals surface area contributed by atoms with Crippen molar-refractivity contribution in [1.29, 1.82) is 0 Å². The Bertz CT molecular complexity index is 1080. The van der Waals surface area contributed by atoms with Crippen molar-refractivity contribution in [3.05, 3.63) is 81.7 Å². The Morgan fingerprint density at radius 2 is 1.97 bits per heavy atom. The Hall–Kier alpha value is -2.99. The molecule has 164 valence electrons. The maximum absolute atomic E-state index is 13.7. The first-order valence-corrected chi connectivity index (χ1v) is 10.8. The predicted molar refractivity (Wildman–Crippen MR) is 120 cm³/mol. The van der Waals surface area contributed by atoms with E-state index in [-0.39, 0.29) is 17.4 Å². The highest BCUT2D eigenvalue weighted by molar-refractivity contribution is 5.43. The Balaban J connectivity index is 1.85. The number of aromatic hydroxyl groups is 1. The number of aryl methyl sites for hydroxylation is 1. The molecule has 6 nitrogen and oxygen atoms in total. The zero-order valence-corrected chi connectivity index (χ0v) is 18.4. The van der Waals surface area contributed by atoms with E-state index in [4.69, 9.17) is 9.15 Å². The number of likely N-dealkylation sites (tertiary alicyclic amines) is 1. The highest BCUT2D eigenvalue weighted by Gasteiger charge is 2.31. The van der Waals surface area contributed by atoms with E-state index in [1.807, 2.05) is 43.3 Å². The minimum absolute atomic E-state index is 0.0321. The highest BCUT2D eigenvalue weighted by atomic mass is 16.5. The largest absolute Gasteiger partial charge is 0.507 e. The molecule has 0 unspecified atom stereocenters. The Morgan fingerprint density at radius 3 is 2.65 bits per heavy atom. The van der Waals surface area contributed by atoms with Crippen LogP contribution in [0.15, 0.2) is 57.9 Å². The summed E-state index contributed by atoms with van der Waals surface area (Å²) in [4.78, 5) is 16.0. The van der Waals surface area contributed by atoms with Gasteiger partial charge in [0.25, 0.3) is 5.56 Å². The van der Waals surface area contributed by atoms with E-state index in [2.05, 4.69) is 11.8 Å². The number of rotatable bonds is 6. The fraction of sp³-hybridized carbons (Fsp3) is 0.400. The molecule has 2 aromatic heterocycles. The third kappa shape index (κ3) is 4.39. The Morgan fingerprint density at radius 1 is 1.19 bits per heavy atom. The zero-order chi connectivity index (χ0) is 22.0. The van der Waals surface area contributed by atoms with Gasteiger partial charge in [0.1, 0.15) is 17.3 Å². The number of furan rings is 1. The van der Waals surface area contributed by atoms with Crippen LogP contribution in [0, 0.1) is 12.8 Å². The van der Waals surface area contributed by atoms with Crippen LogP contribution >= 0.6 is 0 Å². The van der Waals surface area contributed by atoms with Crippen molar-refractivity contribution in [3.63, 3.8) is 0 Å². The molecule has 31 heavy (non-hydrogen) atoms. The summed E-state index contributed by atoms with van der Waals surface area (Å²) in [5.41, 5.74) is 1.84. The second-order valence-corrected chi connectivity index (χ2v) is 8.45. The fourth-order valence-corrected chi connectivity index (χ4v) is 4.44. The number of pyridine rings is 1. The molecule has 1 aromatic carbocycles. The van der Waals surface area contributed by atoms with Gasteiger partial charge in [0.05, 0.1) is 31.5 Å². The van der Waals surface area contributed by atoms with Crippen LogP contribution in [0.5, 0.6) is 11.5 Å². The first-order chi connectivity index (χ1) is 15.0. The van der Waals surface area contributed by atoms with E-state index in [0.717, 1.165) is 37.2 Å². The van der Waals surface area contributed by atoms with Gasteiger partial charge in [-0.1, -0.05) is 19.1 Å².